The van der Waals surface area contributed by atoms with Gasteiger partial charge in [-0.1, -0.05) is 91.0 Å². The van der Waals surface area contributed by atoms with E-state index in [1.54, 1.807) is 0 Å². The average molecular weight is 683 g/mol. The Morgan fingerprint density at radius 2 is 1.13 bits per heavy atom. The number of fused-ring (bicyclic) bond motifs is 13. The lowest BCUT2D eigenvalue weighted by atomic mass is 10.1. The molecule has 0 aliphatic rings. The van der Waals surface area contributed by atoms with Crippen molar-refractivity contribution in [2.24, 2.45) is 0 Å². The van der Waals surface area contributed by atoms with Crippen LogP contribution in [0.3, 0.4) is 0 Å². The van der Waals surface area contributed by atoms with Crippen molar-refractivity contribution in [3.05, 3.63) is 158 Å². The molecule has 0 atom stereocenters. The fraction of sp³-hybridized carbons (Fsp3) is 0. The molecule has 0 aliphatic heterocycles. The maximum absolute atomic E-state index is 6.62. The highest BCUT2D eigenvalue weighted by atomic mass is 32.1. The molecule has 5 heterocycles. The number of para-hydroxylation sites is 4. The lowest BCUT2D eigenvalue weighted by molar-refractivity contribution is 0.666. The SMILES string of the molecule is c1ccc(-n2c3ccccc3c3cc(-c4nc(-n5c6ccccc6c6c7c(ccc65)sc5ccccc57)nc5c4oc4ccccc45)ccc32)cc1. The largest absolute Gasteiger partial charge is 0.452 e. The molecule has 0 fully saturated rings. The molecule has 242 valence electrons. The van der Waals surface area contributed by atoms with Crippen molar-refractivity contribution in [2.75, 3.05) is 0 Å². The van der Waals surface area contributed by atoms with Gasteiger partial charge in [-0.15, -0.1) is 11.3 Å². The van der Waals surface area contributed by atoms with Crippen LogP contribution >= 0.6 is 11.3 Å². The molecule has 5 nitrogen and oxygen atoms in total. The van der Waals surface area contributed by atoms with Crippen LogP contribution in [0.4, 0.5) is 0 Å². The first-order valence-electron chi connectivity index (χ1n) is 17.4. The Kier molecular flexibility index (Phi) is 5.59. The lowest BCUT2D eigenvalue weighted by Gasteiger charge is -2.10. The molecule has 12 rings (SSSR count). The number of hydrogen-bond donors (Lipinski definition) is 0. The lowest BCUT2D eigenvalue weighted by Crippen LogP contribution is -2.02. The molecule has 0 spiro atoms. The maximum atomic E-state index is 6.62. The highest BCUT2D eigenvalue weighted by Crippen LogP contribution is 2.44. The van der Waals surface area contributed by atoms with Gasteiger partial charge in [0, 0.05) is 58.4 Å². The fourth-order valence-electron chi connectivity index (χ4n) is 8.34. The van der Waals surface area contributed by atoms with Gasteiger partial charge >= 0.3 is 0 Å². The summed E-state index contributed by atoms with van der Waals surface area (Å²) in [6, 6.07) is 55.8. The normalized spacial score (nSPS) is 12.2. The van der Waals surface area contributed by atoms with Crippen LogP contribution in [0, 0.1) is 0 Å². The quantitative estimate of drug-likeness (QED) is 0.186. The van der Waals surface area contributed by atoms with E-state index in [9.17, 15) is 0 Å². The van der Waals surface area contributed by atoms with E-state index in [1.807, 2.05) is 29.5 Å². The Morgan fingerprint density at radius 3 is 2.00 bits per heavy atom. The van der Waals surface area contributed by atoms with Gasteiger partial charge in [-0.2, -0.15) is 0 Å². The number of rotatable bonds is 3. The maximum Gasteiger partial charge on any atom is 0.236 e. The van der Waals surface area contributed by atoms with Gasteiger partial charge in [0.25, 0.3) is 0 Å². The van der Waals surface area contributed by atoms with Gasteiger partial charge < -0.3 is 8.98 Å². The average Bonchev–Trinajstić information content (AvgIpc) is 3.95. The third-order valence-corrected chi connectivity index (χ3v) is 11.7. The molecule has 0 N–H and O–H groups in total. The predicted octanol–water partition coefficient (Wildman–Crippen LogP) is 12.6. The van der Waals surface area contributed by atoms with E-state index in [2.05, 4.69) is 149 Å². The van der Waals surface area contributed by atoms with E-state index in [1.165, 1.54) is 36.3 Å². The first-order chi connectivity index (χ1) is 25.8. The van der Waals surface area contributed by atoms with Crippen molar-refractivity contribution in [3.8, 4) is 22.9 Å². The first kappa shape index (κ1) is 28.0. The summed E-state index contributed by atoms with van der Waals surface area (Å²) in [6.45, 7) is 0. The summed E-state index contributed by atoms with van der Waals surface area (Å²) in [5.41, 5.74) is 9.60. The summed E-state index contributed by atoms with van der Waals surface area (Å²) in [6.07, 6.45) is 0. The van der Waals surface area contributed by atoms with Crippen LogP contribution in [0.15, 0.2) is 162 Å². The zero-order chi connectivity index (χ0) is 33.9. The molecular formula is C46H26N4OS. The van der Waals surface area contributed by atoms with Crippen molar-refractivity contribution in [3.63, 3.8) is 0 Å². The van der Waals surface area contributed by atoms with E-state index < -0.39 is 0 Å². The zero-order valence-electron chi connectivity index (χ0n) is 27.6. The molecule has 12 aromatic rings. The standard InChI is InChI=1S/C46H26N4OS/c1-2-12-28(13-3-1)49-34-18-8-4-14-29(34)33-26-27(22-23-36(33)49)43-45-44(31-16-6-10-20-38(31)51-45)48-46(47-43)50-35-19-9-5-15-30(35)41-37(50)24-25-40-42(41)32-17-7-11-21-39(32)52-40/h1-26H. The Balaban J connectivity index is 1.19. The van der Waals surface area contributed by atoms with E-state index in [-0.39, 0.29) is 0 Å². The summed E-state index contributed by atoms with van der Waals surface area (Å²) in [4.78, 5) is 10.8. The number of hydrogen-bond acceptors (Lipinski definition) is 4. The number of aromatic nitrogens is 4. The van der Waals surface area contributed by atoms with Crippen LogP contribution < -0.4 is 0 Å². The van der Waals surface area contributed by atoms with Crippen LogP contribution in [-0.4, -0.2) is 19.1 Å². The van der Waals surface area contributed by atoms with Crippen LogP contribution in [-0.2, 0) is 0 Å². The van der Waals surface area contributed by atoms with Gasteiger partial charge in [-0.05, 0) is 66.7 Å². The number of nitrogens with zero attached hydrogens (tertiary/aromatic N) is 4. The topological polar surface area (TPSA) is 48.8 Å². The van der Waals surface area contributed by atoms with Crippen LogP contribution in [0.5, 0.6) is 0 Å². The number of benzene rings is 7. The Hall–Kier alpha value is -6.76. The van der Waals surface area contributed by atoms with Gasteiger partial charge in [0.05, 0.1) is 22.1 Å². The Bertz CT molecular complexity index is 3420. The summed E-state index contributed by atoms with van der Waals surface area (Å²) < 4.78 is 13.8. The van der Waals surface area contributed by atoms with Crippen LogP contribution in [0.25, 0.3) is 109 Å². The van der Waals surface area contributed by atoms with Crippen molar-refractivity contribution >= 4 is 97.2 Å². The summed E-state index contributed by atoms with van der Waals surface area (Å²) >= 11 is 1.84. The molecule has 0 radical (unpaired) electrons. The highest BCUT2D eigenvalue weighted by molar-refractivity contribution is 7.26. The third-order valence-electron chi connectivity index (χ3n) is 10.5. The van der Waals surface area contributed by atoms with Crippen LogP contribution in [0.2, 0.25) is 0 Å². The Labute approximate surface area is 300 Å². The second-order valence-corrected chi connectivity index (χ2v) is 14.4. The van der Waals surface area contributed by atoms with Gasteiger partial charge in [-0.3, -0.25) is 4.57 Å². The number of thiophene rings is 1. The van der Waals surface area contributed by atoms with Gasteiger partial charge in [-0.25, -0.2) is 9.97 Å². The first-order valence-corrected chi connectivity index (χ1v) is 18.2. The van der Waals surface area contributed by atoms with Gasteiger partial charge in [0.15, 0.2) is 5.58 Å². The minimum absolute atomic E-state index is 0.617. The van der Waals surface area contributed by atoms with E-state index in [0.717, 1.165) is 60.9 Å². The monoisotopic (exact) mass is 682 g/mol. The van der Waals surface area contributed by atoms with E-state index in [4.69, 9.17) is 14.4 Å². The molecule has 0 aliphatic carbocycles. The fourth-order valence-corrected chi connectivity index (χ4v) is 9.45. The molecule has 52 heavy (non-hydrogen) atoms. The Morgan fingerprint density at radius 1 is 0.462 bits per heavy atom. The second-order valence-electron chi connectivity index (χ2n) is 13.4. The highest BCUT2D eigenvalue weighted by Gasteiger charge is 2.23. The molecule has 0 saturated heterocycles. The predicted molar refractivity (Wildman–Crippen MR) is 216 cm³/mol. The van der Waals surface area contributed by atoms with Gasteiger partial charge in [0.2, 0.25) is 5.95 Å². The molecule has 7 aromatic carbocycles. The zero-order valence-corrected chi connectivity index (χ0v) is 28.4. The van der Waals surface area contributed by atoms with Crippen LogP contribution in [0.1, 0.15) is 0 Å². The molecule has 6 heteroatoms. The van der Waals surface area contributed by atoms with E-state index >= 15 is 0 Å². The van der Waals surface area contributed by atoms with Crippen molar-refractivity contribution < 1.29 is 4.42 Å². The molecule has 0 amide bonds. The molecule has 0 bridgehead atoms. The third kappa shape index (κ3) is 3.76. The van der Waals surface area contributed by atoms with Crippen molar-refractivity contribution in [2.45, 2.75) is 0 Å². The molecule has 0 unspecified atom stereocenters. The molecular weight excluding hydrogens is 657 g/mol. The van der Waals surface area contributed by atoms with Crippen molar-refractivity contribution in [1.29, 1.82) is 0 Å². The minimum atomic E-state index is 0.617. The van der Waals surface area contributed by atoms with E-state index in [0.29, 0.717) is 11.5 Å². The molecule has 0 saturated carbocycles. The molecule has 5 aromatic heterocycles. The second kappa shape index (κ2) is 10.4. The van der Waals surface area contributed by atoms with Gasteiger partial charge in [0.1, 0.15) is 16.8 Å². The summed E-state index contributed by atoms with van der Waals surface area (Å²) in [5, 5.41) is 8.28. The minimum Gasteiger partial charge on any atom is -0.452 e. The summed E-state index contributed by atoms with van der Waals surface area (Å²) in [5.74, 6) is 0.617. The van der Waals surface area contributed by atoms with Crippen molar-refractivity contribution in [1.82, 2.24) is 19.1 Å². The number of furan rings is 1. The summed E-state index contributed by atoms with van der Waals surface area (Å²) in [7, 11) is 0. The smallest absolute Gasteiger partial charge is 0.236 e.